The van der Waals surface area contributed by atoms with Crippen molar-refractivity contribution in [2.75, 3.05) is 0 Å². The van der Waals surface area contributed by atoms with Crippen molar-refractivity contribution in [1.82, 2.24) is 9.78 Å². The number of primary sulfonamides is 1. The summed E-state index contributed by atoms with van der Waals surface area (Å²) in [5, 5.41) is 8.80. The van der Waals surface area contributed by atoms with Crippen molar-refractivity contribution in [2.45, 2.75) is 25.9 Å². The molecule has 0 aliphatic heterocycles. The number of rotatable bonds is 4. The predicted octanol–water partition coefficient (Wildman–Crippen LogP) is 3.75. The third-order valence-corrected chi connectivity index (χ3v) is 11.3. The fourth-order valence-electron chi connectivity index (χ4n) is 2.84. The molecule has 10 heteroatoms. The summed E-state index contributed by atoms with van der Waals surface area (Å²) in [6, 6.07) is 13.7. The Bertz CT molecular complexity index is 1130. The second kappa shape index (κ2) is 7.44. The molecule has 0 fully saturated rings. The second-order valence-electron chi connectivity index (χ2n) is 7.69. The second-order valence-corrected chi connectivity index (χ2v) is 23.7. The van der Waals surface area contributed by atoms with Crippen molar-refractivity contribution in [1.29, 1.82) is 0 Å². The van der Waals surface area contributed by atoms with E-state index in [1.54, 1.807) is 12.1 Å². The summed E-state index contributed by atoms with van der Waals surface area (Å²) in [6.45, 7) is 0. The maximum atomic E-state index is 13.3. The topological polar surface area (TPSA) is 78.0 Å². The van der Waals surface area contributed by atoms with E-state index < -0.39 is 40.3 Å². The zero-order valence-electron chi connectivity index (χ0n) is 16.0. The van der Waals surface area contributed by atoms with Crippen LogP contribution in [0.3, 0.4) is 0 Å². The minimum absolute atomic E-state index is 0.131. The molecule has 0 unspecified atom stereocenters. The van der Waals surface area contributed by atoms with Gasteiger partial charge in [0.15, 0.2) is 0 Å². The number of sulfonamides is 1. The number of alkyl halides is 3. The molecule has 0 spiro atoms. The number of nitrogens with zero attached hydrogens (tertiary/aromatic N) is 2. The van der Waals surface area contributed by atoms with E-state index in [2.05, 4.69) is 19.9 Å². The Morgan fingerprint density at radius 3 is 1.97 bits per heavy atom. The van der Waals surface area contributed by atoms with Crippen LogP contribution in [0.1, 0.15) is 5.69 Å². The Hall–Kier alpha value is -1.85. The first-order valence-electron chi connectivity index (χ1n) is 8.68. The molecule has 1 heterocycles. The summed E-state index contributed by atoms with van der Waals surface area (Å²) in [7, 11) is -3.90. The van der Waals surface area contributed by atoms with E-state index in [0.717, 1.165) is 10.7 Å². The molecule has 29 heavy (non-hydrogen) atoms. The van der Waals surface area contributed by atoms with Gasteiger partial charge in [-0.3, -0.25) is 0 Å². The maximum absolute atomic E-state index is 13.3. The van der Waals surface area contributed by atoms with Gasteiger partial charge in [-0.05, 0) is 0 Å². The van der Waals surface area contributed by atoms with Crippen LogP contribution in [0.5, 0.6) is 0 Å². The fraction of sp³-hybridized carbons (Fsp3) is 0.211. The third-order valence-electron chi connectivity index (χ3n) is 4.46. The van der Waals surface area contributed by atoms with Crippen LogP contribution < -0.4 is 8.72 Å². The Morgan fingerprint density at radius 2 is 1.52 bits per heavy atom. The van der Waals surface area contributed by atoms with Gasteiger partial charge in [0, 0.05) is 0 Å². The number of benzene rings is 2. The van der Waals surface area contributed by atoms with Gasteiger partial charge in [-0.1, -0.05) is 0 Å². The van der Waals surface area contributed by atoms with E-state index in [0.29, 0.717) is 11.3 Å². The van der Waals surface area contributed by atoms with Crippen LogP contribution in [-0.4, -0.2) is 36.6 Å². The third kappa shape index (κ3) is 4.84. The zero-order chi connectivity index (χ0) is 21.6. The van der Waals surface area contributed by atoms with E-state index in [-0.39, 0.29) is 10.6 Å². The summed E-state index contributed by atoms with van der Waals surface area (Å²) < 4.78 is 65.1. The molecule has 154 valence electrons. The van der Waals surface area contributed by atoms with Crippen molar-refractivity contribution in [3.05, 3.63) is 60.3 Å². The molecule has 0 bridgehead atoms. The van der Waals surface area contributed by atoms with Crippen LogP contribution in [0.15, 0.2) is 59.5 Å². The first-order chi connectivity index (χ1) is 13.3. The van der Waals surface area contributed by atoms with Crippen molar-refractivity contribution >= 4 is 32.0 Å². The van der Waals surface area contributed by atoms with Crippen molar-refractivity contribution in [2.24, 2.45) is 5.14 Å². The van der Waals surface area contributed by atoms with Gasteiger partial charge < -0.3 is 0 Å². The molecule has 1 aromatic heterocycles. The summed E-state index contributed by atoms with van der Waals surface area (Å²) in [6.07, 6.45) is -4.61. The quantitative estimate of drug-likeness (QED) is 0.523. The van der Waals surface area contributed by atoms with Crippen molar-refractivity contribution < 1.29 is 21.6 Å². The van der Waals surface area contributed by atoms with Crippen molar-refractivity contribution in [3.8, 4) is 16.9 Å². The van der Waals surface area contributed by atoms with Gasteiger partial charge >= 0.3 is 172 Å². The van der Waals surface area contributed by atoms with Gasteiger partial charge in [0.25, 0.3) is 0 Å². The molecule has 5 nitrogen and oxygen atoms in total. The number of halogens is 3. The van der Waals surface area contributed by atoms with Crippen molar-refractivity contribution in [3.63, 3.8) is 0 Å². The number of nitrogens with two attached hydrogens (primary N) is 1. The van der Waals surface area contributed by atoms with Crippen LogP contribution in [0, 0.1) is 0 Å². The van der Waals surface area contributed by atoms with E-state index in [1.165, 1.54) is 27.8 Å². The van der Waals surface area contributed by atoms with E-state index in [9.17, 15) is 21.6 Å². The standard InChI is InChI=1S/C16H11F3N3O2S.3CH3.Sn/c17-16(18,19)15-10-14(11-4-2-1-3-5-11)22(21-15)12-6-8-13(9-7-12)25(20,23)24;;;;/h2-10H,(H2,20,23,24);3*1H3;. The number of hydrogen-bond acceptors (Lipinski definition) is 3. The first kappa shape index (κ1) is 21.8. The molecule has 0 aliphatic carbocycles. The molecule has 3 aromatic rings. The van der Waals surface area contributed by atoms with Crippen LogP contribution in [0.2, 0.25) is 14.8 Å². The SMILES string of the molecule is [CH3][Sn]([CH3])([CH3])[c]1ccc(-c2cc(C(F)(F)F)nn2-c2ccc(S(N)(=O)=O)cc2)cc1. The molecule has 0 aliphatic rings. The fourth-order valence-corrected chi connectivity index (χ4v) is 6.69. The Labute approximate surface area is 171 Å². The number of aromatic nitrogens is 2. The molecular weight excluding hydrogens is 510 g/mol. The predicted molar refractivity (Wildman–Crippen MR) is 108 cm³/mol. The zero-order valence-corrected chi connectivity index (χ0v) is 19.7. The summed E-state index contributed by atoms with van der Waals surface area (Å²) in [4.78, 5) is 6.63. The summed E-state index contributed by atoms with van der Waals surface area (Å²) in [5.74, 6) is 0. The van der Waals surface area contributed by atoms with Crippen LogP contribution in [-0.2, 0) is 16.2 Å². The van der Waals surface area contributed by atoms with E-state index in [4.69, 9.17) is 5.14 Å². The van der Waals surface area contributed by atoms with E-state index >= 15 is 0 Å². The Morgan fingerprint density at radius 1 is 0.966 bits per heavy atom. The van der Waals surface area contributed by atoms with Gasteiger partial charge in [0.1, 0.15) is 0 Å². The van der Waals surface area contributed by atoms with Gasteiger partial charge in [0.2, 0.25) is 0 Å². The normalized spacial score (nSPS) is 12.9. The summed E-state index contributed by atoms with van der Waals surface area (Å²) >= 11 is -2.30. The van der Waals surface area contributed by atoms with Gasteiger partial charge in [0.05, 0.1) is 0 Å². The van der Waals surface area contributed by atoms with Gasteiger partial charge in [-0.2, -0.15) is 0 Å². The van der Waals surface area contributed by atoms with Gasteiger partial charge in [-0.25, -0.2) is 0 Å². The molecule has 2 aromatic carbocycles. The molecule has 2 N–H and O–H groups in total. The summed E-state index contributed by atoms with van der Waals surface area (Å²) in [5.41, 5.74) is 0.114. The molecule has 3 rings (SSSR count). The molecule has 0 saturated heterocycles. The molecule has 0 amide bonds. The van der Waals surface area contributed by atoms with Crippen LogP contribution in [0.4, 0.5) is 13.2 Å². The molecule has 0 saturated carbocycles. The van der Waals surface area contributed by atoms with Crippen LogP contribution >= 0.6 is 0 Å². The molecule has 0 radical (unpaired) electrons. The molecular formula is C19H20F3N3O2SSn. The van der Waals surface area contributed by atoms with Gasteiger partial charge in [-0.15, -0.1) is 0 Å². The van der Waals surface area contributed by atoms with Crippen LogP contribution in [0.25, 0.3) is 16.9 Å². The minimum atomic E-state index is -4.61. The Balaban J connectivity index is 2.13. The molecule has 0 atom stereocenters. The monoisotopic (exact) mass is 531 g/mol. The first-order valence-corrected chi connectivity index (χ1v) is 20.2. The number of hydrogen-bond donors (Lipinski definition) is 1. The average molecular weight is 530 g/mol. The Kier molecular flexibility index (Phi) is 5.60. The average Bonchev–Trinajstić information content (AvgIpc) is 3.06. The van der Waals surface area contributed by atoms with E-state index in [1.807, 2.05) is 12.1 Å².